The summed E-state index contributed by atoms with van der Waals surface area (Å²) in [5.74, 6) is -0.478. The van der Waals surface area contributed by atoms with Gasteiger partial charge < -0.3 is 14.8 Å². The molecule has 29 heavy (non-hydrogen) atoms. The second kappa shape index (κ2) is 11.0. The van der Waals surface area contributed by atoms with Crippen LogP contribution in [0.1, 0.15) is 65.4 Å². The van der Waals surface area contributed by atoms with Crippen molar-refractivity contribution >= 4 is 22.8 Å². The van der Waals surface area contributed by atoms with E-state index >= 15 is 0 Å². The maximum atomic E-state index is 12.3. The molecule has 0 atom stereocenters. The van der Waals surface area contributed by atoms with Gasteiger partial charge in [0.05, 0.1) is 0 Å². The number of carbonyl (C=O) groups is 2. The standard InChI is InChI=1S/C23H34N2O4/c1-16(2)25(17(3)4)14-13-18-15-24-19-9-8-10-20(23(18)19)29-22(28)12-7-5-6-11-21(26)27/h8-10,15-17,24H,5-7,11-14H2,1-4H3,(H,26,27). The molecule has 2 rings (SSSR count). The normalized spacial score (nSPS) is 11.7. The molecule has 6 nitrogen and oxygen atoms in total. The molecule has 0 aliphatic rings. The first-order chi connectivity index (χ1) is 13.8. The third kappa shape index (κ3) is 6.89. The van der Waals surface area contributed by atoms with Gasteiger partial charge in [-0.3, -0.25) is 14.5 Å². The van der Waals surface area contributed by atoms with Crippen molar-refractivity contribution in [3.8, 4) is 5.75 Å². The Balaban J connectivity index is 2.02. The third-order valence-electron chi connectivity index (χ3n) is 5.21. The molecular weight excluding hydrogens is 368 g/mol. The number of carboxylic acids is 1. The average molecular weight is 403 g/mol. The fraction of sp³-hybridized carbons (Fsp3) is 0.565. The SMILES string of the molecule is CC(C)N(CCc1c[nH]c2cccc(OC(=O)CCCCCC(=O)O)c12)C(C)C. The highest BCUT2D eigenvalue weighted by atomic mass is 16.5. The fourth-order valence-corrected chi connectivity index (χ4v) is 3.76. The van der Waals surface area contributed by atoms with Crippen molar-refractivity contribution in [1.82, 2.24) is 9.88 Å². The number of fused-ring (bicyclic) bond motifs is 1. The second-order valence-electron chi connectivity index (χ2n) is 8.10. The van der Waals surface area contributed by atoms with E-state index in [1.165, 1.54) is 0 Å². The first kappa shape index (κ1) is 22.9. The molecular formula is C23H34N2O4. The Kier molecular flexibility index (Phi) is 8.70. The van der Waals surface area contributed by atoms with Gasteiger partial charge in [-0.05, 0) is 64.7 Å². The van der Waals surface area contributed by atoms with E-state index in [1.54, 1.807) is 0 Å². The maximum absolute atomic E-state index is 12.3. The van der Waals surface area contributed by atoms with Crippen molar-refractivity contribution in [2.45, 2.75) is 78.3 Å². The van der Waals surface area contributed by atoms with Gasteiger partial charge >= 0.3 is 11.9 Å². The first-order valence-electron chi connectivity index (χ1n) is 10.6. The summed E-state index contributed by atoms with van der Waals surface area (Å²) in [6.07, 6.45) is 5.26. The molecule has 0 aliphatic carbocycles. The molecule has 0 fully saturated rings. The van der Waals surface area contributed by atoms with E-state index in [4.69, 9.17) is 9.84 Å². The van der Waals surface area contributed by atoms with E-state index in [0.29, 0.717) is 43.5 Å². The van der Waals surface area contributed by atoms with Gasteiger partial charge in [0.25, 0.3) is 0 Å². The highest BCUT2D eigenvalue weighted by molar-refractivity contribution is 5.91. The summed E-state index contributed by atoms with van der Waals surface area (Å²) in [5.41, 5.74) is 2.11. The number of benzene rings is 1. The van der Waals surface area contributed by atoms with Gasteiger partial charge in [0.15, 0.2) is 0 Å². The number of H-pyrrole nitrogens is 1. The number of esters is 1. The van der Waals surface area contributed by atoms with Gasteiger partial charge in [0.2, 0.25) is 0 Å². The number of hydrogen-bond acceptors (Lipinski definition) is 4. The topological polar surface area (TPSA) is 82.6 Å². The van der Waals surface area contributed by atoms with E-state index in [-0.39, 0.29) is 12.4 Å². The van der Waals surface area contributed by atoms with Gasteiger partial charge in [0, 0.05) is 48.6 Å². The molecule has 1 aromatic carbocycles. The lowest BCUT2D eigenvalue weighted by Gasteiger charge is -2.30. The highest BCUT2D eigenvalue weighted by Crippen LogP contribution is 2.30. The second-order valence-corrected chi connectivity index (χ2v) is 8.10. The summed E-state index contributed by atoms with van der Waals surface area (Å²) in [7, 11) is 0. The summed E-state index contributed by atoms with van der Waals surface area (Å²) >= 11 is 0. The predicted molar refractivity (Wildman–Crippen MR) is 115 cm³/mol. The molecule has 0 spiro atoms. The number of hydrogen-bond donors (Lipinski definition) is 2. The zero-order valence-corrected chi connectivity index (χ0v) is 18.0. The van der Waals surface area contributed by atoms with Crippen LogP contribution in [0.2, 0.25) is 0 Å². The minimum Gasteiger partial charge on any atom is -0.481 e. The smallest absolute Gasteiger partial charge is 0.311 e. The number of nitrogens with one attached hydrogen (secondary N) is 1. The molecule has 6 heteroatoms. The maximum Gasteiger partial charge on any atom is 0.311 e. The molecule has 0 saturated carbocycles. The van der Waals surface area contributed by atoms with Crippen LogP contribution in [0.25, 0.3) is 10.9 Å². The summed E-state index contributed by atoms with van der Waals surface area (Å²) in [5, 5.41) is 9.64. The van der Waals surface area contributed by atoms with Gasteiger partial charge in [-0.1, -0.05) is 12.5 Å². The molecule has 0 bridgehead atoms. The van der Waals surface area contributed by atoms with E-state index in [2.05, 4.69) is 37.6 Å². The molecule has 1 heterocycles. The Bertz CT molecular complexity index is 802. The van der Waals surface area contributed by atoms with Crippen LogP contribution in [0.15, 0.2) is 24.4 Å². The Morgan fingerprint density at radius 3 is 2.41 bits per heavy atom. The number of rotatable bonds is 12. The Morgan fingerprint density at radius 2 is 1.76 bits per heavy atom. The summed E-state index contributed by atoms with van der Waals surface area (Å²) in [6, 6.07) is 6.65. The largest absolute Gasteiger partial charge is 0.481 e. The van der Waals surface area contributed by atoms with Gasteiger partial charge in [-0.2, -0.15) is 0 Å². The average Bonchev–Trinajstić information content (AvgIpc) is 3.05. The van der Waals surface area contributed by atoms with Crippen LogP contribution >= 0.6 is 0 Å². The quantitative estimate of drug-likeness (QED) is 0.304. The van der Waals surface area contributed by atoms with Crippen LogP contribution in [0.3, 0.4) is 0 Å². The lowest BCUT2D eigenvalue weighted by molar-refractivity contribution is -0.137. The van der Waals surface area contributed by atoms with Crippen molar-refractivity contribution in [3.05, 3.63) is 30.0 Å². The lowest BCUT2D eigenvalue weighted by Crippen LogP contribution is -2.38. The molecule has 160 valence electrons. The number of carboxylic acid groups (broad SMARTS) is 1. The molecule has 0 amide bonds. The van der Waals surface area contributed by atoms with Crippen LogP contribution in [0.5, 0.6) is 5.75 Å². The predicted octanol–water partition coefficient (Wildman–Crippen LogP) is 4.77. The monoisotopic (exact) mass is 402 g/mol. The van der Waals surface area contributed by atoms with Crippen LogP contribution in [-0.4, -0.2) is 45.6 Å². The number of aromatic amines is 1. The zero-order valence-electron chi connectivity index (χ0n) is 18.0. The lowest BCUT2D eigenvalue weighted by atomic mass is 10.1. The minimum absolute atomic E-state index is 0.144. The van der Waals surface area contributed by atoms with Crippen molar-refractivity contribution in [1.29, 1.82) is 0 Å². The highest BCUT2D eigenvalue weighted by Gasteiger charge is 2.17. The van der Waals surface area contributed by atoms with Crippen LogP contribution in [0, 0.1) is 0 Å². The van der Waals surface area contributed by atoms with E-state index < -0.39 is 5.97 Å². The Hall–Kier alpha value is -2.34. The Morgan fingerprint density at radius 1 is 1.07 bits per heavy atom. The molecule has 0 aliphatic heterocycles. The van der Waals surface area contributed by atoms with Gasteiger partial charge in [-0.25, -0.2) is 0 Å². The first-order valence-corrected chi connectivity index (χ1v) is 10.6. The summed E-state index contributed by atoms with van der Waals surface area (Å²) in [4.78, 5) is 28.6. The number of unbranched alkanes of at least 4 members (excludes halogenated alkanes) is 2. The molecule has 0 radical (unpaired) electrons. The van der Waals surface area contributed by atoms with Crippen LogP contribution < -0.4 is 4.74 Å². The molecule has 1 aromatic heterocycles. The number of ether oxygens (including phenoxy) is 1. The van der Waals surface area contributed by atoms with Gasteiger partial charge in [0.1, 0.15) is 5.75 Å². The van der Waals surface area contributed by atoms with Gasteiger partial charge in [-0.15, -0.1) is 0 Å². The third-order valence-corrected chi connectivity index (χ3v) is 5.21. The van der Waals surface area contributed by atoms with Crippen molar-refractivity contribution in [2.75, 3.05) is 6.54 Å². The van der Waals surface area contributed by atoms with E-state index in [1.807, 2.05) is 24.4 Å². The number of nitrogens with zero attached hydrogens (tertiary/aromatic N) is 1. The number of aromatic nitrogens is 1. The van der Waals surface area contributed by atoms with Crippen LogP contribution in [0.4, 0.5) is 0 Å². The summed E-state index contributed by atoms with van der Waals surface area (Å²) in [6.45, 7) is 9.77. The fourth-order valence-electron chi connectivity index (χ4n) is 3.76. The van der Waals surface area contributed by atoms with Crippen molar-refractivity contribution in [2.24, 2.45) is 0 Å². The van der Waals surface area contributed by atoms with E-state index in [0.717, 1.165) is 29.4 Å². The van der Waals surface area contributed by atoms with E-state index in [9.17, 15) is 9.59 Å². The molecule has 0 saturated heterocycles. The summed E-state index contributed by atoms with van der Waals surface area (Å²) < 4.78 is 5.67. The molecule has 0 unspecified atom stereocenters. The van der Waals surface area contributed by atoms with Crippen molar-refractivity contribution < 1.29 is 19.4 Å². The van der Waals surface area contributed by atoms with Crippen molar-refractivity contribution in [3.63, 3.8) is 0 Å². The molecule has 2 N–H and O–H groups in total. The number of carbonyl (C=O) groups excluding carboxylic acids is 1. The van der Waals surface area contributed by atoms with Crippen LogP contribution in [-0.2, 0) is 16.0 Å². The number of aliphatic carboxylic acids is 1. The molecule has 2 aromatic rings. The zero-order chi connectivity index (χ0) is 21.4. The Labute approximate surface area is 173 Å². The minimum atomic E-state index is -0.798.